The molecule has 384 valence electrons. The third-order valence-electron chi connectivity index (χ3n) is 15.7. The fourth-order valence-corrected chi connectivity index (χ4v) is 11.2. The second-order valence-corrected chi connectivity index (χ2v) is 20.5. The lowest BCUT2D eigenvalue weighted by atomic mass is 9.87. The maximum atomic E-state index is 15.0. The van der Waals surface area contributed by atoms with Crippen LogP contribution in [0.5, 0.6) is 0 Å². The smallest absolute Gasteiger partial charge is 0.240 e. The molecule has 13 heteroatoms. The number of allylic oxidation sites excluding steroid dienone is 4. The minimum Gasteiger partial charge on any atom is -0.386 e. The van der Waals surface area contributed by atoms with E-state index >= 15 is 0 Å². The van der Waals surface area contributed by atoms with Crippen molar-refractivity contribution < 1.29 is 23.6 Å². The van der Waals surface area contributed by atoms with Crippen molar-refractivity contribution in [3.63, 3.8) is 0 Å². The highest BCUT2D eigenvalue weighted by molar-refractivity contribution is 6.13. The summed E-state index contributed by atoms with van der Waals surface area (Å²) in [4.78, 5) is 65.4. The zero-order valence-corrected chi connectivity index (χ0v) is 43.9. The van der Waals surface area contributed by atoms with Crippen molar-refractivity contribution in [3.8, 4) is 0 Å². The number of nitrogens with two attached hydrogens (primary N) is 1. The van der Waals surface area contributed by atoms with Crippen molar-refractivity contribution in [2.75, 3.05) is 65.3 Å². The molecule has 1 spiro atoms. The van der Waals surface area contributed by atoms with Gasteiger partial charge in [0.1, 0.15) is 12.3 Å². The van der Waals surface area contributed by atoms with Crippen LogP contribution in [0, 0.1) is 5.92 Å². The van der Waals surface area contributed by atoms with Crippen LogP contribution in [0.15, 0.2) is 107 Å². The lowest BCUT2D eigenvalue weighted by Crippen LogP contribution is -2.52. The van der Waals surface area contributed by atoms with Gasteiger partial charge in [0, 0.05) is 108 Å². The zero-order chi connectivity index (χ0) is 51.4. The molecule has 1 saturated carbocycles. The van der Waals surface area contributed by atoms with Crippen LogP contribution in [0.25, 0.3) is 0 Å². The number of amides is 2. The van der Waals surface area contributed by atoms with Gasteiger partial charge in [0.2, 0.25) is 11.8 Å². The maximum absolute atomic E-state index is 15.0. The van der Waals surface area contributed by atoms with Gasteiger partial charge in [-0.3, -0.25) is 43.8 Å². The quantitative estimate of drug-likeness (QED) is 0.0329. The number of likely N-dealkylation sites (N-methyl/N-ethyl adjacent to an activating group) is 2. The number of rotatable bonds is 25. The Kier molecular flexibility index (Phi) is 19.5. The van der Waals surface area contributed by atoms with Crippen LogP contribution in [-0.4, -0.2) is 128 Å². The predicted molar refractivity (Wildman–Crippen MR) is 286 cm³/mol. The van der Waals surface area contributed by atoms with Crippen LogP contribution in [0.4, 0.5) is 10.1 Å². The van der Waals surface area contributed by atoms with E-state index < -0.39 is 23.2 Å². The van der Waals surface area contributed by atoms with Crippen molar-refractivity contribution in [3.05, 3.63) is 124 Å². The molecule has 3 N–H and O–H groups in total. The Labute approximate surface area is 423 Å². The first-order valence-corrected chi connectivity index (χ1v) is 26.1. The zero-order valence-electron chi connectivity index (χ0n) is 43.9. The number of halogens is 1. The molecule has 6 rings (SSSR count). The summed E-state index contributed by atoms with van der Waals surface area (Å²) in [5.41, 5.74) is 13.1. The Bertz CT molecular complexity index is 2380. The van der Waals surface area contributed by atoms with E-state index in [4.69, 9.17) is 5.73 Å². The number of Topliss-reactive ketones (excluding diaryl/α,β-unsaturated/α-hetero) is 1. The Morgan fingerprint density at radius 2 is 1.77 bits per heavy atom. The summed E-state index contributed by atoms with van der Waals surface area (Å²) in [6, 6.07) is 14.8. The van der Waals surface area contributed by atoms with E-state index in [0.29, 0.717) is 42.7 Å². The number of benzene rings is 2. The number of hydrogen-bond acceptors (Lipinski definition) is 10. The average Bonchev–Trinajstić information content (AvgIpc) is 4.14. The summed E-state index contributed by atoms with van der Waals surface area (Å²) in [7, 11) is 4.98. The fourth-order valence-electron chi connectivity index (χ4n) is 11.2. The first-order chi connectivity index (χ1) is 34.1. The first-order valence-electron chi connectivity index (χ1n) is 26.1. The number of hydrogen-bond donors (Lipinski definition) is 2. The van der Waals surface area contributed by atoms with Gasteiger partial charge in [-0.2, -0.15) is 0 Å². The third-order valence-corrected chi connectivity index (χ3v) is 15.7. The highest BCUT2D eigenvalue weighted by Gasteiger charge is 2.60. The number of carbonyl (C=O) groups excluding carboxylic acids is 4. The van der Waals surface area contributed by atoms with Gasteiger partial charge in [0.25, 0.3) is 0 Å². The van der Waals surface area contributed by atoms with Crippen LogP contribution in [0.3, 0.4) is 0 Å². The Morgan fingerprint density at radius 1 is 1.06 bits per heavy atom. The van der Waals surface area contributed by atoms with E-state index in [2.05, 4.69) is 89.6 Å². The molecular weight excluding hydrogens is 892 g/mol. The molecule has 2 aromatic rings. The molecule has 0 aromatic heterocycles. The number of ketones is 1. The third kappa shape index (κ3) is 13.3. The van der Waals surface area contributed by atoms with E-state index in [1.807, 2.05) is 25.1 Å². The number of fused-ring (bicyclic) bond motifs is 2. The maximum Gasteiger partial charge on any atom is 0.240 e. The van der Waals surface area contributed by atoms with Crippen LogP contribution in [0.2, 0.25) is 0 Å². The predicted octanol–water partition coefficient (Wildman–Crippen LogP) is 9.00. The molecule has 1 aliphatic carbocycles. The minimum absolute atomic E-state index is 0.0346. The molecule has 2 saturated heterocycles. The summed E-state index contributed by atoms with van der Waals surface area (Å²) in [6.07, 6.45) is 17.5. The van der Waals surface area contributed by atoms with Crippen molar-refractivity contribution in [1.29, 1.82) is 0 Å². The van der Waals surface area contributed by atoms with Gasteiger partial charge in [-0.25, -0.2) is 4.39 Å². The number of piperidine rings is 1. The summed E-state index contributed by atoms with van der Waals surface area (Å²) in [5, 5.41) is 2.71. The molecule has 71 heavy (non-hydrogen) atoms. The van der Waals surface area contributed by atoms with E-state index in [1.165, 1.54) is 17.3 Å². The van der Waals surface area contributed by atoms with E-state index in [-0.39, 0.29) is 23.4 Å². The number of carbonyl (C=O) groups is 4. The van der Waals surface area contributed by atoms with Crippen LogP contribution in [0.1, 0.15) is 132 Å². The van der Waals surface area contributed by atoms with Gasteiger partial charge in [0.05, 0.1) is 11.1 Å². The topological polar surface area (TPSA) is 135 Å². The molecule has 3 fully saturated rings. The number of aliphatic imine (C=N–C) groups is 1. The number of nitrogens with zero attached hydrogens (tertiary/aromatic N) is 6. The number of piperazine rings is 1. The second-order valence-electron chi connectivity index (χ2n) is 20.5. The summed E-state index contributed by atoms with van der Waals surface area (Å²) >= 11 is 0. The Morgan fingerprint density at radius 3 is 2.38 bits per heavy atom. The van der Waals surface area contributed by atoms with Crippen molar-refractivity contribution in [2.45, 2.75) is 135 Å². The van der Waals surface area contributed by atoms with E-state index in [1.54, 1.807) is 43.2 Å². The molecule has 4 unspecified atom stereocenters. The molecule has 4 aliphatic rings. The highest BCUT2D eigenvalue weighted by Crippen LogP contribution is 2.58. The SMILES string of the molecule is C=C(/C=C(\C)C(C)N1CCC(c2ccc(C(=O)CCCC(CCC)CN3CCN(Cc4ccc5c(c4)C4(CC4)C(=O)N5C(CC)C(N)=O)CC3C)cc2)CC1)/C(=C\C=NC)N(C)/C=C(F)\C(=C/C=O)NC. The summed E-state index contributed by atoms with van der Waals surface area (Å²) in [5.74, 6) is 0.219. The van der Waals surface area contributed by atoms with Gasteiger partial charge in [0.15, 0.2) is 11.6 Å². The van der Waals surface area contributed by atoms with Gasteiger partial charge in [-0.1, -0.05) is 74.9 Å². The highest BCUT2D eigenvalue weighted by atomic mass is 19.1. The van der Waals surface area contributed by atoms with Gasteiger partial charge in [-0.15, -0.1) is 0 Å². The second kappa shape index (κ2) is 25.2. The van der Waals surface area contributed by atoms with Gasteiger partial charge >= 0.3 is 0 Å². The number of nitrogens with one attached hydrogen (secondary N) is 1. The van der Waals surface area contributed by atoms with Gasteiger partial charge < -0.3 is 16.0 Å². The molecule has 12 nitrogen and oxygen atoms in total. The van der Waals surface area contributed by atoms with E-state index in [9.17, 15) is 23.6 Å². The van der Waals surface area contributed by atoms with Crippen LogP contribution in [-0.2, 0) is 26.3 Å². The van der Waals surface area contributed by atoms with Crippen molar-refractivity contribution >= 4 is 35.8 Å². The van der Waals surface area contributed by atoms with Gasteiger partial charge in [-0.05, 0) is 131 Å². The number of likely N-dealkylation sites (tertiary alicyclic amines) is 1. The Balaban J connectivity index is 0.942. The normalized spacial score (nSPS) is 20.8. The number of aldehydes is 1. The lowest BCUT2D eigenvalue weighted by molar-refractivity contribution is -0.125. The molecule has 3 heterocycles. The van der Waals surface area contributed by atoms with Crippen LogP contribution < -0.4 is 16.0 Å². The van der Waals surface area contributed by atoms with Crippen molar-refractivity contribution in [1.82, 2.24) is 24.9 Å². The monoisotopic (exact) mass is 973 g/mol. The van der Waals surface area contributed by atoms with E-state index in [0.717, 1.165) is 131 Å². The molecule has 4 atom stereocenters. The summed E-state index contributed by atoms with van der Waals surface area (Å²) in [6.45, 7) is 21.9. The molecule has 0 radical (unpaired) electrons. The molecular formula is C58H81FN8O4. The molecule has 2 amide bonds. The molecule has 0 bridgehead atoms. The standard InChI is InChI=1S/C58H81FN8O4/c1-10-13-44(38-66-32-31-64(36-42(66)5)37-45-16-21-54-49(35-45)58(26-27-58)57(71)67(54)52(11-2)56(60)70)14-12-15-55(69)48-19-17-46(18-20-48)47-23-29-65(30-24-47)43(6)40(3)34-41(4)53(22-28-61-7)63(9)39-50(59)51(62-8)25-33-68/h16-22,25,28,33-35,39,42-44,47,52,62H,4,10-15,23-24,26-27,29-32,36-38H2,1-3,5-9H3,(H2,60,70)/b40-34+,50-39+,51-25+,53-22+,61-28?. The van der Waals surface area contributed by atoms with Crippen molar-refractivity contribution in [2.24, 2.45) is 16.6 Å². The Hall–Kier alpha value is -5.50. The number of primary amides is 1. The first kappa shape index (κ1) is 54.8. The molecule has 2 aromatic carbocycles. The summed E-state index contributed by atoms with van der Waals surface area (Å²) < 4.78 is 15.0. The molecule has 3 aliphatic heterocycles. The average molecular weight is 973 g/mol. The largest absolute Gasteiger partial charge is 0.386 e. The lowest BCUT2D eigenvalue weighted by Gasteiger charge is -2.41. The van der Waals surface area contributed by atoms with Crippen LogP contribution >= 0.6 is 0 Å². The minimum atomic E-state index is -0.612. The fraction of sp³-hybridized carbons (Fsp3) is 0.534. The number of anilines is 1.